The van der Waals surface area contributed by atoms with Gasteiger partial charge in [0.1, 0.15) is 11.0 Å². The third-order valence-electron chi connectivity index (χ3n) is 2.46. The molecule has 0 aromatic carbocycles. The number of hydrogen-bond donors (Lipinski definition) is 1. The van der Waals surface area contributed by atoms with Crippen molar-refractivity contribution in [1.29, 1.82) is 0 Å². The van der Waals surface area contributed by atoms with Gasteiger partial charge in [0.2, 0.25) is 0 Å². The third-order valence-corrected chi connectivity index (χ3v) is 4.53. The van der Waals surface area contributed by atoms with Crippen molar-refractivity contribution in [1.82, 2.24) is 9.78 Å². The molecule has 0 radical (unpaired) electrons. The van der Waals surface area contributed by atoms with Crippen molar-refractivity contribution >= 4 is 32.4 Å². The summed E-state index contributed by atoms with van der Waals surface area (Å²) < 4.78 is 48.2. The summed E-state index contributed by atoms with van der Waals surface area (Å²) in [7, 11) is -1.04. The minimum atomic E-state index is -4.52. The molecule has 1 aromatic rings. The molecule has 0 bridgehead atoms. The number of halogens is 4. The zero-order valence-corrected chi connectivity index (χ0v) is 13.1. The lowest BCUT2D eigenvalue weighted by molar-refractivity contribution is -0.143. The first-order valence-electron chi connectivity index (χ1n) is 5.50. The highest BCUT2D eigenvalue weighted by Gasteiger charge is 2.29. The Bertz CT molecular complexity index is 562. The monoisotopic (exact) mass is 375 g/mol. The molecule has 0 aliphatic rings. The fraction of sp³-hybridized carbons (Fsp3) is 0.600. The third kappa shape index (κ3) is 4.89. The maximum atomic E-state index is 12.2. The molecule has 0 amide bonds. The van der Waals surface area contributed by atoms with Gasteiger partial charge in [-0.2, -0.15) is 18.3 Å². The van der Waals surface area contributed by atoms with E-state index < -0.39 is 29.1 Å². The quantitative estimate of drug-likeness (QED) is 0.851. The Kier molecular flexibility index (Phi) is 5.75. The van der Waals surface area contributed by atoms with Gasteiger partial charge in [0, 0.05) is 28.9 Å². The van der Waals surface area contributed by atoms with E-state index in [-0.39, 0.29) is 15.4 Å². The van der Waals surface area contributed by atoms with Crippen LogP contribution in [-0.4, -0.2) is 38.2 Å². The molecule has 1 heterocycles. The Hall–Kier alpha value is -0.900. The van der Waals surface area contributed by atoms with Gasteiger partial charge in [0.15, 0.2) is 0 Å². The standard InChI is InChI=1S/C10H13BrF3N3O2S/c1-6(20(2)19)3-15-7-4-16-17(5-10(12,13)14)9(18)8(7)11/h4,6,15H,3,5H2,1-2H3. The topological polar surface area (TPSA) is 64.0 Å². The van der Waals surface area contributed by atoms with Gasteiger partial charge in [0.05, 0.1) is 11.9 Å². The van der Waals surface area contributed by atoms with Gasteiger partial charge < -0.3 is 5.32 Å². The molecule has 0 spiro atoms. The van der Waals surface area contributed by atoms with Crippen molar-refractivity contribution < 1.29 is 17.4 Å². The number of anilines is 1. The van der Waals surface area contributed by atoms with Gasteiger partial charge >= 0.3 is 6.18 Å². The first-order valence-corrected chi connectivity index (χ1v) is 7.91. The van der Waals surface area contributed by atoms with E-state index in [4.69, 9.17) is 0 Å². The van der Waals surface area contributed by atoms with Gasteiger partial charge in [-0.05, 0) is 22.9 Å². The van der Waals surface area contributed by atoms with Crippen LogP contribution in [0.15, 0.2) is 15.5 Å². The Balaban J connectivity index is 2.90. The van der Waals surface area contributed by atoms with Gasteiger partial charge in [-0.1, -0.05) is 0 Å². The van der Waals surface area contributed by atoms with Crippen LogP contribution in [-0.2, 0) is 17.3 Å². The molecule has 0 saturated carbocycles. The van der Waals surface area contributed by atoms with Crippen molar-refractivity contribution in [3.05, 3.63) is 21.0 Å². The SMILES string of the molecule is CC(CNc1cnn(CC(F)(F)F)c(=O)c1Br)S(C)=O. The fourth-order valence-electron chi connectivity index (χ4n) is 1.24. The molecule has 1 N–H and O–H groups in total. The van der Waals surface area contributed by atoms with Crippen molar-refractivity contribution in [3.63, 3.8) is 0 Å². The van der Waals surface area contributed by atoms with Crippen molar-refractivity contribution in [2.75, 3.05) is 18.1 Å². The average Bonchev–Trinajstić information content (AvgIpc) is 2.32. The van der Waals surface area contributed by atoms with Gasteiger partial charge in [-0.3, -0.25) is 9.00 Å². The van der Waals surface area contributed by atoms with Crippen LogP contribution in [0.4, 0.5) is 18.9 Å². The van der Waals surface area contributed by atoms with Crippen LogP contribution in [0.1, 0.15) is 6.92 Å². The molecule has 0 fully saturated rings. The summed E-state index contributed by atoms with van der Waals surface area (Å²) >= 11 is 2.95. The number of alkyl halides is 3. The molecular weight excluding hydrogens is 363 g/mol. The summed E-state index contributed by atoms with van der Waals surface area (Å²) in [4.78, 5) is 11.7. The Morgan fingerprint density at radius 2 is 2.15 bits per heavy atom. The Labute approximate surface area is 124 Å². The molecule has 0 aliphatic heterocycles. The number of hydrogen-bond acceptors (Lipinski definition) is 4. The van der Waals surface area contributed by atoms with Gasteiger partial charge in [-0.25, -0.2) is 4.68 Å². The van der Waals surface area contributed by atoms with Gasteiger partial charge in [0.25, 0.3) is 5.56 Å². The van der Waals surface area contributed by atoms with Crippen LogP contribution < -0.4 is 10.9 Å². The van der Waals surface area contributed by atoms with E-state index in [0.717, 1.165) is 6.20 Å². The van der Waals surface area contributed by atoms with Crippen LogP contribution in [0.3, 0.4) is 0 Å². The average molecular weight is 376 g/mol. The molecule has 1 rings (SSSR count). The van der Waals surface area contributed by atoms with Crippen LogP contribution in [0.5, 0.6) is 0 Å². The molecule has 20 heavy (non-hydrogen) atoms. The number of nitrogens with one attached hydrogen (secondary N) is 1. The smallest absolute Gasteiger partial charge is 0.381 e. The van der Waals surface area contributed by atoms with E-state index in [2.05, 4.69) is 26.3 Å². The second kappa shape index (κ2) is 6.70. The second-order valence-electron chi connectivity index (χ2n) is 4.14. The predicted octanol–water partition coefficient (Wildman–Crippen LogP) is 1.75. The van der Waals surface area contributed by atoms with E-state index in [9.17, 15) is 22.2 Å². The highest BCUT2D eigenvalue weighted by molar-refractivity contribution is 9.10. The molecule has 114 valence electrons. The zero-order chi connectivity index (χ0) is 15.5. The summed E-state index contributed by atoms with van der Waals surface area (Å²) in [5.74, 6) is 0. The van der Waals surface area contributed by atoms with Gasteiger partial charge in [-0.15, -0.1) is 0 Å². The number of aromatic nitrogens is 2. The van der Waals surface area contributed by atoms with E-state index in [1.54, 1.807) is 13.2 Å². The largest absolute Gasteiger partial charge is 0.408 e. The number of rotatable bonds is 5. The Morgan fingerprint density at radius 1 is 1.55 bits per heavy atom. The maximum Gasteiger partial charge on any atom is 0.408 e. The normalized spacial score (nSPS) is 14.9. The van der Waals surface area contributed by atoms with Crippen molar-refractivity contribution in [2.24, 2.45) is 0 Å². The van der Waals surface area contributed by atoms with Crippen LogP contribution in [0.2, 0.25) is 0 Å². The second-order valence-corrected chi connectivity index (χ2v) is 6.74. The van der Waals surface area contributed by atoms with E-state index >= 15 is 0 Å². The van der Waals surface area contributed by atoms with Crippen LogP contribution in [0.25, 0.3) is 0 Å². The summed E-state index contributed by atoms with van der Waals surface area (Å²) in [5.41, 5.74) is -0.608. The minimum absolute atomic E-state index is 0.0363. The first-order chi connectivity index (χ1) is 9.11. The zero-order valence-electron chi connectivity index (χ0n) is 10.7. The van der Waals surface area contributed by atoms with Crippen molar-refractivity contribution in [3.8, 4) is 0 Å². The van der Waals surface area contributed by atoms with E-state index in [1.165, 1.54) is 0 Å². The fourth-order valence-corrected chi connectivity index (χ4v) is 2.01. The molecule has 0 aliphatic carbocycles. The van der Waals surface area contributed by atoms with Crippen LogP contribution >= 0.6 is 15.9 Å². The minimum Gasteiger partial charge on any atom is -0.381 e. The summed E-state index contributed by atoms with van der Waals surface area (Å²) in [5, 5.41) is 6.12. The van der Waals surface area contributed by atoms with Crippen LogP contribution in [0, 0.1) is 0 Å². The molecule has 2 unspecified atom stereocenters. The molecule has 10 heteroatoms. The predicted molar refractivity (Wildman–Crippen MR) is 74.3 cm³/mol. The lowest BCUT2D eigenvalue weighted by Crippen LogP contribution is -2.31. The highest BCUT2D eigenvalue weighted by atomic mass is 79.9. The highest BCUT2D eigenvalue weighted by Crippen LogP contribution is 2.19. The summed E-state index contributed by atoms with van der Waals surface area (Å²) in [6.45, 7) is 0.613. The number of nitrogens with zero attached hydrogens (tertiary/aromatic N) is 2. The molecule has 1 aromatic heterocycles. The first kappa shape index (κ1) is 17.2. The lowest BCUT2D eigenvalue weighted by Gasteiger charge is -2.13. The van der Waals surface area contributed by atoms with E-state index in [1.807, 2.05) is 0 Å². The maximum absolute atomic E-state index is 12.2. The molecule has 2 atom stereocenters. The lowest BCUT2D eigenvalue weighted by atomic mass is 10.4. The molecular formula is C10H13BrF3N3O2S. The summed E-state index contributed by atoms with van der Waals surface area (Å²) in [6.07, 6.45) is -1.84. The Morgan fingerprint density at radius 3 is 2.65 bits per heavy atom. The molecule has 0 saturated heterocycles. The molecule has 5 nitrogen and oxygen atoms in total. The van der Waals surface area contributed by atoms with Crippen molar-refractivity contribution in [2.45, 2.75) is 24.9 Å². The summed E-state index contributed by atoms with van der Waals surface area (Å²) in [6, 6.07) is 0. The van der Waals surface area contributed by atoms with E-state index in [0.29, 0.717) is 11.2 Å².